The first-order chi connectivity index (χ1) is 11.9. The number of hydrogen-bond donors (Lipinski definition) is 2. The molecule has 2 aromatic carbocycles. The molecule has 9 heteroatoms. The number of benzene rings is 2. The lowest BCUT2D eigenvalue weighted by Crippen LogP contribution is -2.34. The molecule has 2 N–H and O–H groups in total. The molecule has 0 aliphatic heterocycles. The van der Waals surface area contributed by atoms with Crippen molar-refractivity contribution >= 4 is 46.2 Å². The molecule has 0 radical (unpaired) electrons. The Kier molecular flexibility index (Phi) is 6.26. The van der Waals surface area contributed by atoms with Crippen molar-refractivity contribution in [3.05, 3.63) is 63.2 Å². The van der Waals surface area contributed by atoms with Crippen LogP contribution < -0.4 is 15.4 Å². The molecule has 0 unspecified atom stereocenters. The molecular weight excluding hydrogens is 366 g/mol. The molecule has 0 aliphatic rings. The van der Waals surface area contributed by atoms with Gasteiger partial charge in [0.2, 0.25) is 0 Å². The Morgan fingerprint density at radius 3 is 2.72 bits per heavy atom. The summed E-state index contributed by atoms with van der Waals surface area (Å²) in [7, 11) is 0. The van der Waals surface area contributed by atoms with Gasteiger partial charge in [-0.25, -0.2) is 0 Å². The van der Waals surface area contributed by atoms with Gasteiger partial charge in [0.05, 0.1) is 17.1 Å². The second-order valence-corrected chi connectivity index (χ2v) is 5.60. The Bertz CT molecular complexity index is 829. The van der Waals surface area contributed by atoms with E-state index in [2.05, 4.69) is 10.6 Å². The van der Waals surface area contributed by atoms with E-state index in [0.717, 1.165) is 0 Å². The number of para-hydroxylation sites is 1. The van der Waals surface area contributed by atoms with Gasteiger partial charge in [0.15, 0.2) is 5.11 Å². The van der Waals surface area contributed by atoms with Crippen molar-refractivity contribution < 1.29 is 14.5 Å². The van der Waals surface area contributed by atoms with Gasteiger partial charge in [0.1, 0.15) is 11.4 Å². The number of ether oxygens (including phenoxy) is 1. The zero-order valence-corrected chi connectivity index (χ0v) is 14.7. The molecule has 2 rings (SSSR count). The van der Waals surface area contributed by atoms with Crippen molar-refractivity contribution in [2.45, 2.75) is 6.92 Å². The topological polar surface area (TPSA) is 93.5 Å². The summed E-state index contributed by atoms with van der Waals surface area (Å²) in [5.41, 5.74) is 0.177. The Labute approximate surface area is 154 Å². The van der Waals surface area contributed by atoms with E-state index in [-0.39, 0.29) is 21.5 Å². The van der Waals surface area contributed by atoms with Crippen molar-refractivity contribution in [1.82, 2.24) is 5.32 Å². The maximum atomic E-state index is 12.3. The van der Waals surface area contributed by atoms with Gasteiger partial charge < -0.3 is 10.1 Å². The highest BCUT2D eigenvalue weighted by atomic mass is 35.5. The Hall–Kier alpha value is -2.71. The highest BCUT2D eigenvalue weighted by molar-refractivity contribution is 7.80. The first kappa shape index (κ1) is 18.6. The molecule has 1 amide bonds. The molecule has 2 aromatic rings. The predicted molar refractivity (Wildman–Crippen MR) is 99.4 cm³/mol. The van der Waals surface area contributed by atoms with E-state index in [1.807, 2.05) is 0 Å². The molecule has 0 atom stereocenters. The molecule has 0 spiro atoms. The smallest absolute Gasteiger partial charge is 0.294 e. The van der Waals surface area contributed by atoms with E-state index in [4.69, 9.17) is 28.6 Å². The summed E-state index contributed by atoms with van der Waals surface area (Å²) in [5, 5.41) is 16.3. The van der Waals surface area contributed by atoms with E-state index >= 15 is 0 Å². The number of carbonyl (C=O) groups is 1. The largest absolute Gasteiger partial charge is 0.493 e. The summed E-state index contributed by atoms with van der Waals surface area (Å²) in [6.45, 7) is 2.21. The van der Waals surface area contributed by atoms with Crippen molar-refractivity contribution in [2.24, 2.45) is 0 Å². The lowest BCUT2D eigenvalue weighted by molar-refractivity contribution is -0.383. The SMILES string of the molecule is CCOc1ccccc1C(=O)NC(=S)Nc1ccc(Cl)cc1[N+](=O)[O-]. The standard InChI is InChI=1S/C16H14ClN3O4S/c1-2-24-14-6-4-3-5-11(14)15(21)19-16(25)18-12-8-7-10(17)9-13(12)20(22)23/h3-9H,2H2,1H3,(H2,18,19,21,25). The van der Waals surface area contributed by atoms with Crippen LogP contribution in [0.3, 0.4) is 0 Å². The van der Waals surface area contributed by atoms with Gasteiger partial charge in [0, 0.05) is 11.1 Å². The molecule has 0 saturated heterocycles. The second-order valence-electron chi connectivity index (χ2n) is 4.76. The number of amides is 1. The highest BCUT2D eigenvalue weighted by Crippen LogP contribution is 2.27. The minimum Gasteiger partial charge on any atom is -0.493 e. The molecule has 0 aromatic heterocycles. The van der Waals surface area contributed by atoms with Gasteiger partial charge in [-0.3, -0.25) is 20.2 Å². The van der Waals surface area contributed by atoms with Gasteiger partial charge in [0.25, 0.3) is 11.6 Å². The molecule has 25 heavy (non-hydrogen) atoms. The fraction of sp³-hybridized carbons (Fsp3) is 0.125. The van der Waals surface area contributed by atoms with Crippen LogP contribution in [0.1, 0.15) is 17.3 Å². The number of carbonyl (C=O) groups excluding carboxylic acids is 1. The minimum atomic E-state index is -0.594. The maximum Gasteiger partial charge on any atom is 0.294 e. The Morgan fingerprint density at radius 1 is 1.32 bits per heavy atom. The summed E-state index contributed by atoms with van der Waals surface area (Å²) in [6, 6.07) is 10.8. The first-order valence-electron chi connectivity index (χ1n) is 7.20. The average Bonchev–Trinajstić information content (AvgIpc) is 2.57. The van der Waals surface area contributed by atoms with Crippen LogP contribution in [0.5, 0.6) is 5.75 Å². The van der Waals surface area contributed by atoms with Gasteiger partial charge in [-0.15, -0.1) is 0 Å². The van der Waals surface area contributed by atoms with Crippen LogP contribution in [0.2, 0.25) is 5.02 Å². The van der Waals surface area contributed by atoms with E-state index in [1.165, 1.54) is 18.2 Å². The maximum absolute atomic E-state index is 12.3. The van der Waals surface area contributed by atoms with Gasteiger partial charge in [-0.1, -0.05) is 23.7 Å². The van der Waals surface area contributed by atoms with E-state index < -0.39 is 10.8 Å². The van der Waals surface area contributed by atoms with Crippen LogP contribution >= 0.6 is 23.8 Å². The molecule has 0 aliphatic carbocycles. The molecule has 0 fully saturated rings. The third-order valence-electron chi connectivity index (χ3n) is 3.06. The van der Waals surface area contributed by atoms with Crippen molar-refractivity contribution in [3.63, 3.8) is 0 Å². The van der Waals surface area contributed by atoms with Crippen LogP contribution in [0.4, 0.5) is 11.4 Å². The number of thiocarbonyl (C=S) groups is 1. The van der Waals surface area contributed by atoms with Crippen molar-refractivity contribution in [3.8, 4) is 5.75 Å². The zero-order chi connectivity index (χ0) is 18.4. The summed E-state index contributed by atoms with van der Waals surface area (Å²) in [5.74, 6) is -0.0686. The molecule has 0 saturated carbocycles. The van der Waals surface area contributed by atoms with Crippen LogP contribution in [0.25, 0.3) is 0 Å². The third kappa shape index (κ3) is 4.88. The van der Waals surface area contributed by atoms with Crippen molar-refractivity contribution in [2.75, 3.05) is 11.9 Å². The van der Waals surface area contributed by atoms with Crippen LogP contribution in [-0.2, 0) is 0 Å². The van der Waals surface area contributed by atoms with Crippen LogP contribution in [0, 0.1) is 10.1 Å². The summed E-state index contributed by atoms with van der Waals surface area (Å²) in [6.07, 6.45) is 0. The van der Waals surface area contributed by atoms with Gasteiger partial charge >= 0.3 is 0 Å². The van der Waals surface area contributed by atoms with E-state index in [9.17, 15) is 14.9 Å². The lowest BCUT2D eigenvalue weighted by atomic mass is 10.2. The van der Waals surface area contributed by atoms with Crippen molar-refractivity contribution in [1.29, 1.82) is 0 Å². The summed E-state index contributed by atoms with van der Waals surface area (Å²) < 4.78 is 5.39. The highest BCUT2D eigenvalue weighted by Gasteiger charge is 2.17. The number of nitrogens with one attached hydrogen (secondary N) is 2. The monoisotopic (exact) mass is 379 g/mol. The second kappa shape index (κ2) is 8.41. The number of hydrogen-bond acceptors (Lipinski definition) is 5. The van der Waals surface area contributed by atoms with Gasteiger partial charge in [-0.2, -0.15) is 0 Å². The number of nitro groups is 1. The fourth-order valence-corrected chi connectivity index (χ4v) is 2.39. The van der Waals surface area contributed by atoms with Crippen LogP contribution in [0.15, 0.2) is 42.5 Å². The molecule has 7 nitrogen and oxygen atoms in total. The quantitative estimate of drug-likeness (QED) is 0.466. The lowest BCUT2D eigenvalue weighted by Gasteiger charge is -2.12. The zero-order valence-electron chi connectivity index (χ0n) is 13.1. The summed E-state index contributed by atoms with van der Waals surface area (Å²) >= 11 is 10.8. The number of anilines is 1. The number of nitrogens with zero attached hydrogens (tertiary/aromatic N) is 1. The van der Waals surface area contributed by atoms with E-state index in [0.29, 0.717) is 17.9 Å². The molecule has 0 heterocycles. The molecular formula is C16H14ClN3O4S. The first-order valence-corrected chi connectivity index (χ1v) is 7.99. The molecule has 130 valence electrons. The summed E-state index contributed by atoms with van der Waals surface area (Å²) in [4.78, 5) is 22.8. The van der Waals surface area contributed by atoms with Gasteiger partial charge in [-0.05, 0) is 43.4 Å². The number of rotatable bonds is 5. The normalized spacial score (nSPS) is 10.0. The van der Waals surface area contributed by atoms with E-state index in [1.54, 1.807) is 31.2 Å². The predicted octanol–water partition coefficient (Wildman–Crippen LogP) is 3.77. The minimum absolute atomic E-state index is 0.0817. The Balaban J connectivity index is 2.13. The Morgan fingerprint density at radius 2 is 2.04 bits per heavy atom. The number of halogens is 1. The average molecular weight is 380 g/mol. The fourth-order valence-electron chi connectivity index (χ4n) is 2.02. The third-order valence-corrected chi connectivity index (χ3v) is 3.50. The molecule has 0 bridgehead atoms. The van der Waals surface area contributed by atoms with Crippen LogP contribution in [-0.4, -0.2) is 22.5 Å². The number of nitro benzene ring substituents is 1.